The summed E-state index contributed by atoms with van der Waals surface area (Å²) in [5, 5.41) is 0. The van der Waals surface area contributed by atoms with Crippen LogP contribution in [0.15, 0.2) is 65.7 Å². The second-order valence-corrected chi connectivity index (χ2v) is 4.87. The van der Waals surface area contributed by atoms with E-state index in [4.69, 9.17) is 9.47 Å². The smallest absolute Gasteiger partial charge is 0.127 e. The molecule has 2 rings (SSSR count). The Morgan fingerprint density at radius 3 is 2.00 bits per heavy atom. The van der Waals surface area contributed by atoms with E-state index >= 15 is 0 Å². The van der Waals surface area contributed by atoms with Crippen LogP contribution in [0.3, 0.4) is 0 Å². The monoisotopic (exact) mass is 318 g/mol. The van der Waals surface area contributed by atoms with Crippen molar-refractivity contribution in [3.63, 3.8) is 0 Å². The molecule has 0 saturated carbocycles. The number of halogens is 1. The molecule has 0 N–H and O–H groups in total. The van der Waals surface area contributed by atoms with Crippen molar-refractivity contribution >= 4 is 15.9 Å². The molecule has 3 heteroatoms. The van der Waals surface area contributed by atoms with Crippen molar-refractivity contribution < 1.29 is 9.47 Å². The third-order valence-electron chi connectivity index (χ3n) is 2.46. The van der Waals surface area contributed by atoms with Crippen LogP contribution in [0.4, 0.5) is 0 Å². The van der Waals surface area contributed by atoms with E-state index in [1.807, 2.05) is 54.6 Å². The van der Waals surface area contributed by atoms with Gasteiger partial charge in [-0.3, -0.25) is 0 Å². The Kier molecular flexibility index (Phi) is 5.04. The highest BCUT2D eigenvalue weighted by atomic mass is 79.9. The summed E-state index contributed by atoms with van der Waals surface area (Å²) in [6, 6.07) is 15.3. The van der Waals surface area contributed by atoms with Gasteiger partial charge in [-0.2, -0.15) is 0 Å². The highest BCUT2D eigenvalue weighted by molar-refractivity contribution is 9.10. The Morgan fingerprint density at radius 2 is 1.42 bits per heavy atom. The van der Waals surface area contributed by atoms with Gasteiger partial charge in [-0.25, -0.2) is 0 Å². The maximum atomic E-state index is 5.72. The molecule has 0 saturated heterocycles. The number of benzene rings is 2. The molecule has 0 atom stereocenters. The Balaban J connectivity index is 1.94. The normalized spacial score (nSPS) is 9.95. The first-order chi connectivity index (χ1) is 9.28. The summed E-state index contributed by atoms with van der Waals surface area (Å²) in [5.74, 6) is 2.44. The first kappa shape index (κ1) is 13.7. The van der Waals surface area contributed by atoms with E-state index < -0.39 is 0 Å². The fourth-order valence-corrected chi connectivity index (χ4v) is 1.77. The van der Waals surface area contributed by atoms with Gasteiger partial charge in [0.15, 0.2) is 0 Å². The maximum Gasteiger partial charge on any atom is 0.127 e. The molecule has 0 aliphatic heterocycles. The molecule has 0 spiro atoms. The minimum absolute atomic E-state index is 0.649. The summed E-state index contributed by atoms with van der Waals surface area (Å²) in [7, 11) is 0. The molecule has 0 heterocycles. The second-order valence-electron chi connectivity index (χ2n) is 3.95. The SMILES string of the molecule is C=CCCOc1ccc(Oc2ccc(Br)cc2)cc1. The second kappa shape index (κ2) is 7.00. The van der Waals surface area contributed by atoms with Crippen LogP contribution in [0.5, 0.6) is 17.2 Å². The Morgan fingerprint density at radius 1 is 0.895 bits per heavy atom. The van der Waals surface area contributed by atoms with Gasteiger partial charge in [-0.1, -0.05) is 22.0 Å². The van der Waals surface area contributed by atoms with E-state index in [1.165, 1.54) is 0 Å². The molecule has 0 aromatic heterocycles. The van der Waals surface area contributed by atoms with Crippen LogP contribution in [-0.4, -0.2) is 6.61 Å². The lowest BCUT2D eigenvalue weighted by Crippen LogP contribution is -1.95. The van der Waals surface area contributed by atoms with E-state index in [-0.39, 0.29) is 0 Å². The highest BCUT2D eigenvalue weighted by Crippen LogP contribution is 2.25. The van der Waals surface area contributed by atoms with Crippen molar-refractivity contribution in [1.29, 1.82) is 0 Å². The lowest BCUT2D eigenvalue weighted by Gasteiger charge is -2.08. The van der Waals surface area contributed by atoms with Crippen molar-refractivity contribution in [1.82, 2.24) is 0 Å². The molecule has 0 aliphatic rings. The molecule has 98 valence electrons. The van der Waals surface area contributed by atoms with Gasteiger partial charge in [-0.15, -0.1) is 6.58 Å². The van der Waals surface area contributed by atoms with Crippen LogP contribution in [0.2, 0.25) is 0 Å². The summed E-state index contributed by atoms with van der Waals surface area (Å²) in [6.45, 7) is 4.30. The number of rotatable bonds is 6. The van der Waals surface area contributed by atoms with Gasteiger partial charge >= 0.3 is 0 Å². The highest BCUT2D eigenvalue weighted by Gasteiger charge is 1.98. The molecule has 2 aromatic carbocycles. The van der Waals surface area contributed by atoms with Crippen molar-refractivity contribution in [2.45, 2.75) is 6.42 Å². The molecule has 0 fully saturated rings. The van der Waals surface area contributed by atoms with Gasteiger partial charge in [0.25, 0.3) is 0 Å². The van der Waals surface area contributed by atoms with Crippen LogP contribution in [0.25, 0.3) is 0 Å². The molecule has 0 amide bonds. The van der Waals surface area contributed by atoms with E-state index in [9.17, 15) is 0 Å². The molecule has 0 bridgehead atoms. The van der Waals surface area contributed by atoms with Crippen LogP contribution >= 0.6 is 15.9 Å². The van der Waals surface area contributed by atoms with Gasteiger partial charge in [0, 0.05) is 4.47 Å². The molecule has 19 heavy (non-hydrogen) atoms. The molecule has 2 aromatic rings. The predicted molar refractivity (Wildman–Crippen MR) is 81.0 cm³/mol. The summed E-state index contributed by atoms with van der Waals surface area (Å²) in [4.78, 5) is 0. The molecular formula is C16H15BrO2. The Hall–Kier alpha value is -1.74. The fraction of sp³-hybridized carbons (Fsp3) is 0.125. The molecule has 0 radical (unpaired) electrons. The van der Waals surface area contributed by atoms with E-state index in [0.29, 0.717) is 6.61 Å². The zero-order valence-electron chi connectivity index (χ0n) is 10.5. The molecule has 0 unspecified atom stereocenters. The van der Waals surface area contributed by atoms with Crippen LogP contribution in [0.1, 0.15) is 6.42 Å². The Labute approximate surface area is 121 Å². The van der Waals surface area contributed by atoms with Crippen molar-refractivity contribution in [2.75, 3.05) is 6.61 Å². The van der Waals surface area contributed by atoms with Crippen molar-refractivity contribution in [3.8, 4) is 17.2 Å². The van der Waals surface area contributed by atoms with E-state index in [0.717, 1.165) is 28.1 Å². The van der Waals surface area contributed by atoms with Crippen molar-refractivity contribution in [2.24, 2.45) is 0 Å². The summed E-state index contributed by atoms with van der Waals surface area (Å²) in [5.41, 5.74) is 0. The fourth-order valence-electron chi connectivity index (χ4n) is 1.50. The third-order valence-corrected chi connectivity index (χ3v) is 2.99. The predicted octanol–water partition coefficient (Wildman–Crippen LogP) is 5.20. The topological polar surface area (TPSA) is 18.5 Å². The van der Waals surface area contributed by atoms with Gasteiger partial charge in [0.05, 0.1) is 6.61 Å². The first-order valence-corrected chi connectivity index (χ1v) is 6.84. The lowest BCUT2D eigenvalue weighted by molar-refractivity contribution is 0.324. The average molecular weight is 319 g/mol. The summed E-state index contributed by atoms with van der Waals surface area (Å²) < 4.78 is 12.3. The van der Waals surface area contributed by atoms with Crippen LogP contribution < -0.4 is 9.47 Å². The minimum atomic E-state index is 0.649. The zero-order valence-corrected chi connectivity index (χ0v) is 12.1. The number of ether oxygens (including phenoxy) is 2. The standard InChI is InChI=1S/C16H15BrO2/c1-2-3-12-18-14-8-10-16(11-9-14)19-15-6-4-13(17)5-7-15/h2,4-11H,1,3,12H2. The number of hydrogen-bond donors (Lipinski definition) is 0. The van der Waals surface area contributed by atoms with E-state index in [1.54, 1.807) is 0 Å². The summed E-state index contributed by atoms with van der Waals surface area (Å²) >= 11 is 3.39. The lowest BCUT2D eigenvalue weighted by atomic mass is 10.3. The minimum Gasteiger partial charge on any atom is -0.493 e. The zero-order chi connectivity index (χ0) is 13.5. The van der Waals surface area contributed by atoms with Gasteiger partial charge in [0.1, 0.15) is 17.2 Å². The van der Waals surface area contributed by atoms with Crippen LogP contribution in [0, 0.1) is 0 Å². The van der Waals surface area contributed by atoms with Gasteiger partial charge in [0.2, 0.25) is 0 Å². The van der Waals surface area contributed by atoms with Crippen molar-refractivity contribution in [3.05, 3.63) is 65.7 Å². The largest absolute Gasteiger partial charge is 0.493 e. The number of hydrogen-bond acceptors (Lipinski definition) is 2. The Bertz CT molecular complexity index is 517. The molecular weight excluding hydrogens is 304 g/mol. The molecule has 2 nitrogen and oxygen atoms in total. The third kappa shape index (κ3) is 4.45. The first-order valence-electron chi connectivity index (χ1n) is 6.05. The summed E-state index contributed by atoms with van der Waals surface area (Å²) in [6.07, 6.45) is 2.68. The quantitative estimate of drug-likeness (QED) is 0.538. The maximum absolute atomic E-state index is 5.72. The van der Waals surface area contributed by atoms with Gasteiger partial charge in [-0.05, 0) is 55.0 Å². The van der Waals surface area contributed by atoms with Crippen LogP contribution in [-0.2, 0) is 0 Å². The average Bonchev–Trinajstić information content (AvgIpc) is 2.44. The van der Waals surface area contributed by atoms with E-state index in [2.05, 4.69) is 22.5 Å². The van der Waals surface area contributed by atoms with Gasteiger partial charge < -0.3 is 9.47 Å². The molecule has 0 aliphatic carbocycles.